The summed E-state index contributed by atoms with van der Waals surface area (Å²) in [5, 5.41) is 0. The molecule has 0 amide bonds. The Kier molecular flexibility index (Phi) is 12.6. The molecular formula is C20H38O3PS+. The third-order valence-electron chi connectivity index (χ3n) is 4.53. The maximum absolute atomic E-state index is 10.6. The van der Waals surface area contributed by atoms with E-state index in [1.54, 1.807) is 43.6 Å². The van der Waals surface area contributed by atoms with Gasteiger partial charge in [0, 0.05) is 13.9 Å². The zero-order chi connectivity index (χ0) is 19.3. The average Bonchev–Trinajstić information content (AvgIpc) is 2.56. The van der Waals surface area contributed by atoms with E-state index in [9.17, 15) is 8.42 Å². The minimum Gasteiger partial charge on any atom is -0.282 e. The molecule has 0 aliphatic carbocycles. The molecule has 0 spiro atoms. The van der Waals surface area contributed by atoms with Crippen molar-refractivity contribution in [2.75, 3.05) is 25.2 Å². The molecule has 1 N–H and O–H groups in total. The van der Waals surface area contributed by atoms with Crippen LogP contribution in [0, 0.1) is 6.92 Å². The maximum Gasteiger partial charge on any atom is 0.294 e. The van der Waals surface area contributed by atoms with E-state index in [2.05, 4.69) is 27.4 Å². The van der Waals surface area contributed by atoms with Gasteiger partial charge in [-0.05, 0) is 37.8 Å². The maximum atomic E-state index is 10.6. The van der Waals surface area contributed by atoms with E-state index >= 15 is 0 Å². The molecule has 0 heterocycles. The number of rotatable bonds is 10. The smallest absolute Gasteiger partial charge is 0.282 e. The number of hydrogen-bond acceptors (Lipinski definition) is 2. The van der Waals surface area contributed by atoms with Gasteiger partial charge in [-0.15, -0.1) is 0 Å². The van der Waals surface area contributed by atoms with Crippen molar-refractivity contribution < 1.29 is 13.0 Å². The van der Waals surface area contributed by atoms with Crippen LogP contribution in [0.15, 0.2) is 29.2 Å². The van der Waals surface area contributed by atoms with Gasteiger partial charge in [0.25, 0.3) is 10.1 Å². The van der Waals surface area contributed by atoms with Gasteiger partial charge in [0.05, 0.1) is 23.4 Å². The second kappa shape index (κ2) is 12.8. The molecule has 0 bridgehead atoms. The lowest BCUT2D eigenvalue weighted by Crippen LogP contribution is -2.07. The van der Waals surface area contributed by atoms with Crippen LogP contribution in [0.4, 0.5) is 0 Å². The Balaban J connectivity index is 0.000000472. The van der Waals surface area contributed by atoms with Crippen LogP contribution >= 0.6 is 7.26 Å². The summed E-state index contributed by atoms with van der Waals surface area (Å²) in [6.45, 7) is 11.2. The van der Waals surface area contributed by atoms with Gasteiger partial charge in [-0.2, -0.15) is 8.42 Å². The first-order valence-corrected chi connectivity index (χ1v) is 13.8. The van der Waals surface area contributed by atoms with E-state index in [-0.39, 0.29) is 4.90 Å². The molecule has 0 aromatic heterocycles. The molecule has 1 aromatic rings. The van der Waals surface area contributed by atoms with Crippen LogP contribution in [0.25, 0.3) is 0 Å². The first kappa shape index (κ1) is 24.6. The largest absolute Gasteiger partial charge is 0.294 e. The van der Waals surface area contributed by atoms with Crippen molar-refractivity contribution in [1.82, 2.24) is 0 Å². The fraction of sp³-hybridized carbons (Fsp3) is 0.700. The number of aryl methyl sites for hydroxylation is 1. The molecule has 146 valence electrons. The summed E-state index contributed by atoms with van der Waals surface area (Å²) in [7, 11) is -4.55. The number of unbranched alkanes of at least 4 members (excludes halogenated alkanes) is 3. The van der Waals surface area contributed by atoms with Gasteiger partial charge in [0.15, 0.2) is 0 Å². The van der Waals surface area contributed by atoms with Crippen molar-refractivity contribution in [3.05, 3.63) is 29.8 Å². The second-order valence-corrected chi connectivity index (χ2v) is 13.1. The molecule has 0 atom stereocenters. The quantitative estimate of drug-likeness (QED) is 0.379. The van der Waals surface area contributed by atoms with Crippen molar-refractivity contribution in [1.29, 1.82) is 0 Å². The zero-order valence-electron chi connectivity index (χ0n) is 16.8. The second-order valence-electron chi connectivity index (χ2n) is 7.09. The predicted octanol–water partition coefficient (Wildman–Crippen LogP) is 6.28. The van der Waals surface area contributed by atoms with Gasteiger partial charge in [-0.1, -0.05) is 58.2 Å². The lowest BCUT2D eigenvalue weighted by atomic mass is 10.2. The highest BCUT2D eigenvalue weighted by atomic mass is 32.2. The Morgan fingerprint density at radius 3 is 1.56 bits per heavy atom. The van der Waals surface area contributed by atoms with Crippen molar-refractivity contribution in [3.63, 3.8) is 0 Å². The standard InChI is InChI=1S/C13H30P.C7H8O3S/c1-5-8-11-14(4,12-9-6-2)13-10-7-3;1-6-4-2-3-5-7(6)11(8,9)10/h5-13H2,1-4H3;2-5H,1H3,(H,8,9,10)/q+1;. The fourth-order valence-corrected chi connectivity index (χ4v) is 7.44. The van der Waals surface area contributed by atoms with Gasteiger partial charge in [0.2, 0.25) is 0 Å². The average molecular weight is 390 g/mol. The summed E-state index contributed by atoms with van der Waals surface area (Å²) in [4.78, 5) is -0.0278. The summed E-state index contributed by atoms with van der Waals surface area (Å²) in [6.07, 6.45) is 13.2. The third-order valence-corrected chi connectivity index (χ3v) is 9.73. The molecule has 0 fully saturated rings. The molecule has 1 rings (SSSR count). The normalized spacial score (nSPS) is 11.8. The third kappa shape index (κ3) is 11.0. The van der Waals surface area contributed by atoms with Crippen LogP contribution in [0.5, 0.6) is 0 Å². The monoisotopic (exact) mass is 389 g/mol. The molecule has 1 aromatic carbocycles. The number of hydrogen-bond donors (Lipinski definition) is 1. The van der Waals surface area contributed by atoms with Gasteiger partial charge in [0.1, 0.15) is 0 Å². The van der Waals surface area contributed by atoms with Crippen LogP contribution in [0.3, 0.4) is 0 Å². The molecule has 5 heteroatoms. The van der Waals surface area contributed by atoms with Crippen molar-refractivity contribution in [2.45, 2.75) is 71.1 Å². The fourth-order valence-electron chi connectivity index (χ4n) is 2.80. The first-order chi connectivity index (χ1) is 11.7. The molecular weight excluding hydrogens is 351 g/mol. The van der Waals surface area contributed by atoms with Crippen LogP contribution in [0.2, 0.25) is 0 Å². The Bertz CT molecular complexity index is 548. The summed E-state index contributed by atoms with van der Waals surface area (Å²) < 4.78 is 29.9. The van der Waals surface area contributed by atoms with Crippen LogP contribution in [0.1, 0.15) is 64.9 Å². The first-order valence-electron chi connectivity index (χ1n) is 9.56. The Hall–Kier alpha value is -0.440. The van der Waals surface area contributed by atoms with Gasteiger partial charge >= 0.3 is 0 Å². The van der Waals surface area contributed by atoms with E-state index in [1.165, 1.54) is 44.6 Å². The van der Waals surface area contributed by atoms with Gasteiger partial charge < -0.3 is 0 Å². The van der Waals surface area contributed by atoms with Gasteiger partial charge in [-0.25, -0.2) is 0 Å². The van der Waals surface area contributed by atoms with Crippen LogP contribution in [-0.4, -0.2) is 38.1 Å². The van der Waals surface area contributed by atoms with Crippen molar-refractivity contribution in [3.8, 4) is 0 Å². The minimum atomic E-state index is -4.03. The van der Waals surface area contributed by atoms with Crippen LogP contribution < -0.4 is 0 Å². The molecule has 0 saturated carbocycles. The lowest BCUT2D eigenvalue weighted by molar-refractivity contribution is 0.482. The molecule has 25 heavy (non-hydrogen) atoms. The van der Waals surface area contributed by atoms with E-state index in [1.807, 2.05) is 0 Å². The summed E-state index contributed by atoms with van der Waals surface area (Å²) in [5.41, 5.74) is 0.551. The number of benzene rings is 1. The zero-order valence-corrected chi connectivity index (χ0v) is 18.5. The summed E-state index contributed by atoms with van der Waals surface area (Å²) >= 11 is 0. The highest BCUT2D eigenvalue weighted by Gasteiger charge is 2.28. The Labute approximate surface area is 156 Å². The van der Waals surface area contributed by atoms with E-state index < -0.39 is 17.4 Å². The Morgan fingerprint density at radius 1 is 0.880 bits per heavy atom. The topological polar surface area (TPSA) is 54.4 Å². The molecule has 0 saturated heterocycles. The molecule has 0 unspecified atom stereocenters. The molecule has 0 aliphatic heterocycles. The van der Waals surface area contributed by atoms with Crippen LogP contribution in [-0.2, 0) is 10.1 Å². The predicted molar refractivity (Wildman–Crippen MR) is 113 cm³/mol. The lowest BCUT2D eigenvalue weighted by Gasteiger charge is -2.22. The van der Waals surface area contributed by atoms with Gasteiger partial charge in [-0.3, -0.25) is 4.55 Å². The highest BCUT2D eigenvalue weighted by Crippen LogP contribution is 2.57. The van der Waals surface area contributed by atoms with E-state index in [4.69, 9.17) is 4.55 Å². The summed E-state index contributed by atoms with van der Waals surface area (Å²) in [6, 6.07) is 6.27. The van der Waals surface area contributed by atoms with Crippen molar-refractivity contribution in [2.24, 2.45) is 0 Å². The highest BCUT2D eigenvalue weighted by molar-refractivity contribution is 7.85. The minimum absolute atomic E-state index is 0.0278. The molecule has 0 aliphatic rings. The summed E-state index contributed by atoms with van der Waals surface area (Å²) in [5.74, 6) is 0. The van der Waals surface area contributed by atoms with E-state index in [0.29, 0.717) is 5.56 Å². The molecule has 0 radical (unpaired) electrons. The van der Waals surface area contributed by atoms with E-state index in [0.717, 1.165) is 0 Å². The Morgan fingerprint density at radius 2 is 1.28 bits per heavy atom. The van der Waals surface area contributed by atoms with Crippen molar-refractivity contribution >= 4 is 17.4 Å². The molecule has 3 nitrogen and oxygen atoms in total. The SMILES string of the molecule is CCCC[P+](C)(CCCC)CCCC.Cc1ccccc1S(=O)(=O)O.